The van der Waals surface area contributed by atoms with Crippen LogP contribution in [0.25, 0.3) is 10.2 Å². The van der Waals surface area contributed by atoms with Crippen LogP contribution in [0, 0.1) is 0 Å². The minimum absolute atomic E-state index is 0. The first-order valence-electron chi connectivity index (χ1n) is 11.4. The molecule has 3 aromatic rings. The number of anilines is 1. The maximum atomic E-state index is 13.5. The molecule has 1 amide bonds. The van der Waals surface area contributed by atoms with Crippen molar-refractivity contribution in [2.75, 3.05) is 51.8 Å². The second-order valence-electron chi connectivity index (χ2n) is 8.45. The molecular formula is C24H31ClN4O4S2. The molecule has 1 aliphatic heterocycles. The summed E-state index contributed by atoms with van der Waals surface area (Å²) < 4.78 is 33.7. The van der Waals surface area contributed by atoms with Crippen molar-refractivity contribution >= 4 is 55.0 Å². The molecule has 0 saturated carbocycles. The molecule has 190 valence electrons. The Morgan fingerprint density at radius 3 is 2.40 bits per heavy atom. The Hall–Kier alpha value is -2.24. The fourth-order valence-corrected chi connectivity index (χ4v) is 6.39. The third kappa shape index (κ3) is 6.13. The van der Waals surface area contributed by atoms with E-state index in [2.05, 4.69) is 0 Å². The summed E-state index contributed by atoms with van der Waals surface area (Å²) in [6, 6.07) is 11.9. The van der Waals surface area contributed by atoms with Crippen molar-refractivity contribution in [2.45, 2.75) is 24.7 Å². The third-order valence-electron chi connectivity index (χ3n) is 5.71. The molecule has 2 heterocycles. The molecule has 1 aromatic heterocycles. The smallest absolute Gasteiger partial charge is 0.260 e. The summed E-state index contributed by atoms with van der Waals surface area (Å²) in [5.74, 6) is 0.558. The van der Waals surface area contributed by atoms with Gasteiger partial charge in [0.25, 0.3) is 5.91 Å². The number of ether oxygens (including phenoxy) is 1. The molecule has 0 radical (unpaired) electrons. The molecule has 1 saturated heterocycles. The standard InChI is InChI=1S/C24H30N4O4S2.ClH/c1-4-32-19-9-12-21-22(17-19)33-24(25-21)28(16-15-26(2)3)23(29)18-7-10-20(11-8-18)34(30,31)27-13-5-6-14-27;/h7-12,17H,4-6,13-16H2,1-3H3;1H. The molecule has 1 aliphatic rings. The largest absolute Gasteiger partial charge is 0.494 e. The van der Waals surface area contributed by atoms with Crippen molar-refractivity contribution < 1.29 is 17.9 Å². The second-order valence-corrected chi connectivity index (χ2v) is 11.4. The van der Waals surface area contributed by atoms with Gasteiger partial charge in [0.15, 0.2) is 5.13 Å². The van der Waals surface area contributed by atoms with Crippen molar-refractivity contribution in [2.24, 2.45) is 0 Å². The normalized spacial score (nSPS) is 14.3. The lowest BCUT2D eigenvalue weighted by Crippen LogP contribution is -2.36. The summed E-state index contributed by atoms with van der Waals surface area (Å²) in [6.45, 7) is 4.72. The molecule has 4 rings (SSSR count). The van der Waals surface area contributed by atoms with Crippen LogP contribution < -0.4 is 9.64 Å². The van der Waals surface area contributed by atoms with E-state index in [4.69, 9.17) is 9.72 Å². The van der Waals surface area contributed by atoms with Gasteiger partial charge < -0.3 is 9.64 Å². The number of fused-ring (bicyclic) bond motifs is 1. The van der Waals surface area contributed by atoms with Gasteiger partial charge in [-0.2, -0.15) is 4.31 Å². The highest BCUT2D eigenvalue weighted by Gasteiger charge is 2.28. The van der Waals surface area contributed by atoms with Crippen LogP contribution in [0.2, 0.25) is 0 Å². The van der Waals surface area contributed by atoms with Gasteiger partial charge in [-0.25, -0.2) is 13.4 Å². The third-order valence-corrected chi connectivity index (χ3v) is 8.66. The Morgan fingerprint density at radius 2 is 1.77 bits per heavy atom. The van der Waals surface area contributed by atoms with Gasteiger partial charge in [-0.3, -0.25) is 9.69 Å². The van der Waals surface area contributed by atoms with Crippen LogP contribution >= 0.6 is 23.7 Å². The number of carbonyl (C=O) groups excluding carboxylic acids is 1. The Kier molecular flexibility index (Phi) is 9.11. The van der Waals surface area contributed by atoms with Gasteiger partial charge in [-0.15, -0.1) is 12.4 Å². The van der Waals surface area contributed by atoms with Crippen molar-refractivity contribution in [1.82, 2.24) is 14.2 Å². The van der Waals surface area contributed by atoms with Crippen molar-refractivity contribution in [1.29, 1.82) is 0 Å². The highest BCUT2D eigenvalue weighted by molar-refractivity contribution is 7.89. The number of hydrogen-bond acceptors (Lipinski definition) is 7. The van der Waals surface area contributed by atoms with Crippen LogP contribution in [0.1, 0.15) is 30.1 Å². The van der Waals surface area contributed by atoms with E-state index in [1.165, 1.54) is 27.8 Å². The van der Waals surface area contributed by atoms with Gasteiger partial charge in [0.1, 0.15) is 5.75 Å². The lowest BCUT2D eigenvalue weighted by Gasteiger charge is -2.22. The number of aromatic nitrogens is 1. The molecule has 0 bridgehead atoms. The quantitative estimate of drug-likeness (QED) is 0.408. The number of amides is 1. The first-order chi connectivity index (χ1) is 16.3. The van der Waals surface area contributed by atoms with Gasteiger partial charge in [0.05, 0.1) is 21.7 Å². The minimum Gasteiger partial charge on any atom is -0.494 e. The number of thiazole rings is 1. The van der Waals surface area contributed by atoms with Crippen LogP contribution in [0.5, 0.6) is 5.75 Å². The van der Waals surface area contributed by atoms with E-state index in [1.54, 1.807) is 17.0 Å². The highest BCUT2D eigenvalue weighted by atomic mass is 35.5. The van der Waals surface area contributed by atoms with Gasteiger partial charge in [-0.05, 0) is 76.3 Å². The number of halogens is 1. The Labute approximate surface area is 217 Å². The minimum atomic E-state index is -3.52. The molecule has 11 heteroatoms. The lowest BCUT2D eigenvalue weighted by atomic mass is 10.2. The molecule has 8 nitrogen and oxygen atoms in total. The van der Waals surface area contributed by atoms with Gasteiger partial charge >= 0.3 is 0 Å². The number of benzene rings is 2. The average Bonchev–Trinajstić information content (AvgIpc) is 3.50. The summed E-state index contributed by atoms with van der Waals surface area (Å²) in [6.07, 6.45) is 1.76. The van der Waals surface area contributed by atoms with E-state index in [9.17, 15) is 13.2 Å². The number of likely N-dealkylation sites (N-methyl/N-ethyl adjacent to an activating group) is 1. The highest BCUT2D eigenvalue weighted by Crippen LogP contribution is 2.32. The molecule has 0 aliphatic carbocycles. The molecule has 0 N–H and O–H groups in total. The predicted molar refractivity (Wildman–Crippen MR) is 143 cm³/mol. The van der Waals surface area contributed by atoms with E-state index >= 15 is 0 Å². The van der Waals surface area contributed by atoms with Crippen LogP contribution in [0.15, 0.2) is 47.4 Å². The second kappa shape index (κ2) is 11.7. The maximum absolute atomic E-state index is 13.5. The molecule has 0 unspecified atom stereocenters. The van der Waals surface area contributed by atoms with Crippen LogP contribution in [0.4, 0.5) is 5.13 Å². The summed E-state index contributed by atoms with van der Waals surface area (Å²) in [4.78, 5) is 22.1. The first kappa shape index (κ1) is 27.3. The fourth-order valence-electron chi connectivity index (χ4n) is 3.85. The molecule has 35 heavy (non-hydrogen) atoms. The monoisotopic (exact) mass is 538 g/mol. The molecular weight excluding hydrogens is 508 g/mol. The summed E-state index contributed by atoms with van der Waals surface area (Å²) in [7, 11) is 0.382. The van der Waals surface area contributed by atoms with E-state index in [0.29, 0.717) is 43.5 Å². The van der Waals surface area contributed by atoms with Gasteiger partial charge in [0, 0.05) is 31.7 Å². The molecule has 2 aromatic carbocycles. The predicted octanol–water partition coefficient (Wildman–Crippen LogP) is 4.11. The molecule has 1 fully saturated rings. The zero-order valence-corrected chi connectivity index (χ0v) is 22.6. The summed E-state index contributed by atoms with van der Waals surface area (Å²) >= 11 is 1.44. The average molecular weight is 539 g/mol. The fraction of sp³-hybridized carbons (Fsp3) is 0.417. The topological polar surface area (TPSA) is 83.0 Å². The van der Waals surface area contributed by atoms with E-state index < -0.39 is 10.0 Å². The van der Waals surface area contributed by atoms with Gasteiger partial charge in [-0.1, -0.05) is 11.3 Å². The Balaban J connectivity index is 0.00000342. The Morgan fingerprint density at radius 1 is 1.09 bits per heavy atom. The zero-order valence-electron chi connectivity index (χ0n) is 20.1. The first-order valence-corrected chi connectivity index (χ1v) is 13.7. The van der Waals surface area contributed by atoms with Crippen LogP contribution in [-0.2, 0) is 10.0 Å². The van der Waals surface area contributed by atoms with E-state index in [1.807, 2.05) is 44.1 Å². The maximum Gasteiger partial charge on any atom is 0.260 e. The van der Waals surface area contributed by atoms with E-state index in [-0.39, 0.29) is 23.2 Å². The zero-order chi connectivity index (χ0) is 24.3. The van der Waals surface area contributed by atoms with Crippen molar-refractivity contribution in [3.05, 3.63) is 48.0 Å². The van der Waals surface area contributed by atoms with E-state index in [0.717, 1.165) is 28.8 Å². The SMILES string of the molecule is CCOc1ccc2nc(N(CCN(C)C)C(=O)c3ccc(S(=O)(=O)N4CCCC4)cc3)sc2c1.Cl. The number of sulfonamides is 1. The molecule has 0 atom stereocenters. The summed E-state index contributed by atoms with van der Waals surface area (Å²) in [5, 5.41) is 0.601. The van der Waals surface area contributed by atoms with Crippen LogP contribution in [0.3, 0.4) is 0 Å². The molecule has 0 spiro atoms. The van der Waals surface area contributed by atoms with Crippen molar-refractivity contribution in [3.8, 4) is 5.75 Å². The summed E-state index contributed by atoms with van der Waals surface area (Å²) in [5.41, 5.74) is 1.23. The Bertz CT molecular complexity index is 1260. The number of hydrogen-bond donors (Lipinski definition) is 0. The lowest BCUT2D eigenvalue weighted by molar-refractivity contribution is 0.0985. The van der Waals surface area contributed by atoms with Crippen LogP contribution in [-0.4, -0.2) is 75.4 Å². The number of carbonyl (C=O) groups is 1. The number of nitrogens with zero attached hydrogens (tertiary/aromatic N) is 4. The van der Waals surface area contributed by atoms with Crippen molar-refractivity contribution in [3.63, 3.8) is 0 Å². The number of rotatable bonds is 9. The van der Waals surface area contributed by atoms with Gasteiger partial charge in [0.2, 0.25) is 10.0 Å².